The van der Waals surface area contributed by atoms with Crippen molar-refractivity contribution in [3.63, 3.8) is 0 Å². The average molecular weight is 531 g/mol. The first-order chi connectivity index (χ1) is 17.3. The summed E-state index contributed by atoms with van der Waals surface area (Å²) < 4.78 is 6.02. The summed E-state index contributed by atoms with van der Waals surface area (Å²) >= 11 is 12.7. The number of piperazine rings is 1. The number of aromatic nitrogens is 1. The molecule has 3 aromatic rings. The van der Waals surface area contributed by atoms with Gasteiger partial charge in [0, 0.05) is 56.9 Å². The van der Waals surface area contributed by atoms with Crippen LogP contribution in [0.15, 0.2) is 36.5 Å². The third-order valence-corrected chi connectivity index (χ3v) is 7.12. The number of primary amides is 1. The molecule has 2 aromatic carbocycles. The maximum Gasteiger partial charge on any atom is 0.252 e. The van der Waals surface area contributed by atoms with E-state index in [2.05, 4.69) is 39.1 Å². The van der Waals surface area contributed by atoms with Crippen LogP contribution in [0.25, 0.3) is 10.9 Å². The second-order valence-electron chi connectivity index (χ2n) is 9.04. The molecule has 0 aliphatic carbocycles. The SMILES string of the molecule is CCOc1cc2ncc(C(N)=O)c(Nc3cccc(Cl)c3Cl)c2cc1N1CCN(CCN(C)C)CC1. The van der Waals surface area contributed by atoms with E-state index in [-0.39, 0.29) is 5.56 Å². The lowest BCUT2D eigenvalue weighted by atomic mass is 10.1. The van der Waals surface area contributed by atoms with Crippen LogP contribution in [0, 0.1) is 0 Å². The van der Waals surface area contributed by atoms with Gasteiger partial charge >= 0.3 is 0 Å². The number of carbonyl (C=O) groups excluding carboxylic acids is 1. The van der Waals surface area contributed by atoms with Crippen LogP contribution in [-0.4, -0.2) is 80.7 Å². The van der Waals surface area contributed by atoms with Gasteiger partial charge in [-0.05, 0) is 39.2 Å². The summed E-state index contributed by atoms with van der Waals surface area (Å²) in [6.07, 6.45) is 1.48. The third kappa shape index (κ3) is 5.78. The number of hydrogen-bond acceptors (Lipinski definition) is 7. The summed E-state index contributed by atoms with van der Waals surface area (Å²) in [4.78, 5) is 23.9. The second kappa shape index (κ2) is 11.5. The molecular formula is C26H32Cl2N6O2. The molecule has 1 amide bonds. The molecule has 0 unspecified atom stereocenters. The Bertz CT molecular complexity index is 1240. The van der Waals surface area contributed by atoms with Crippen molar-refractivity contribution in [3.05, 3.63) is 52.1 Å². The first-order valence-electron chi connectivity index (χ1n) is 12.0. The molecule has 1 saturated heterocycles. The topological polar surface area (TPSA) is 87.0 Å². The predicted octanol–water partition coefficient (Wildman–Crippen LogP) is 4.47. The van der Waals surface area contributed by atoms with Crippen LogP contribution in [0.2, 0.25) is 10.0 Å². The number of benzene rings is 2. The highest BCUT2D eigenvalue weighted by Crippen LogP contribution is 2.40. The fourth-order valence-corrected chi connectivity index (χ4v) is 4.68. The number of carbonyl (C=O) groups is 1. The second-order valence-corrected chi connectivity index (χ2v) is 9.82. The van der Waals surface area contributed by atoms with Crippen molar-refractivity contribution in [2.45, 2.75) is 6.92 Å². The van der Waals surface area contributed by atoms with E-state index in [1.54, 1.807) is 18.2 Å². The summed E-state index contributed by atoms with van der Waals surface area (Å²) in [7, 11) is 4.19. The Hall–Kier alpha value is -2.78. The zero-order chi connectivity index (χ0) is 25.8. The summed E-state index contributed by atoms with van der Waals surface area (Å²) in [5.74, 6) is 0.174. The number of hydrogen-bond donors (Lipinski definition) is 2. The molecule has 192 valence electrons. The largest absolute Gasteiger partial charge is 0.492 e. The average Bonchev–Trinajstić information content (AvgIpc) is 2.85. The Kier molecular flexibility index (Phi) is 8.41. The molecule has 0 radical (unpaired) electrons. The molecule has 1 aliphatic heterocycles. The first kappa shape index (κ1) is 26.3. The monoisotopic (exact) mass is 530 g/mol. The van der Waals surface area contributed by atoms with Crippen LogP contribution in [-0.2, 0) is 0 Å². The summed E-state index contributed by atoms with van der Waals surface area (Å²) in [6.45, 7) is 8.21. The zero-order valence-corrected chi connectivity index (χ0v) is 22.4. The van der Waals surface area contributed by atoms with Crippen LogP contribution in [0.1, 0.15) is 17.3 Å². The predicted molar refractivity (Wildman–Crippen MR) is 148 cm³/mol. The standard InChI is InChI=1S/C26H32Cl2N6O2/c1-4-36-23-15-21-17(14-22(23)34-12-10-33(11-13-34)9-8-32(2)3)25(18(16-30-21)26(29)35)31-20-7-5-6-19(27)24(20)28/h5-7,14-16H,4,8-13H2,1-3H3,(H2,29,35)(H,30,31). The number of anilines is 3. The number of nitrogens with one attached hydrogen (secondary N) is 1. The lowest BCUT2D eigenvalue weighted by Gasteiger charge is -2.37. The minimum atomic E-state index is -0.588. The van der Waals surface area contributed by atoms with E-state index >= 15 is 0 Å². The molecule has 2 heterocycles. The third-order valence-electron chi connectivity index (χ3n) is 6.30. The minimum absolute atomic E-state index is 0.266. The normalized spacial score (nSPS) is 14.4. The van der Waals surface area contributed by atoms with E-state index in [1.165, 1.54) is 6.20 Å². The van der Waals surface area contributed by atoms with E-state index in [1.807, 2.05) is 19.1 Å². The molecule has 4 rings (SSSR count). The van der Waals surface area contributed by atoms with Gasteiger partial charge in [-0.2, -0.15) is 0 Å². The van der Waals surface area contributed by atoms with E-state index in [4.69, 9.17) is 33.7 Å². The Morgan fingerprint density at radius 3 is 2.61 bits per heavy atom. The minimum Gasteiger partial charge on any atom is -0.492 e. The van der Waals surface area contributed by atoms with E-state index in [0.717, 1.165) is 56.1 Å². The first-order valence-corrected chi connectivity index (χ1v) is 12.8. The van der Waals surface area contributed by atoms with Crippen molar-refractivity contribution >= 4 is 57.1 Å². The molecule has 1 aromatic heterocycles. The number of halogens is 2. The number of rotatable bonds is 9. The fourth-order valence-electron chi connectivity index (χ4n) is 4.34. The van der Waals surface area contributed by atoms with Gasteiger partial charge in [-0.3, -0.25) is 14.7 Å². The number of ether oxygens (including phenoxy) is 1. The van der Waals surface area contributed by atoms with Gasteiger partial charge in [0.15, 0.2) is 0 Å². The Labute approximate surface area is 221 Å². The van der Waals surface area contributed by atoms with Crippen molar-refractivity contribution in [3.8, 4) is 5.75 Å². The highest BCUT2D eigenvalue weighted by Gasteiger charge is 2.23. The highest BCUT2D eigenvalue weighted by molar-refractivity contribution is 6.43. The number of nitrogens with zero attached hydrogens (tertiary/aromatic N) is 4. The smallest absolute Gasteiger partial charge is 0.252 e. The van der Waals surface area contributed by atoms with Crippen molar-refractivity contribution in [1.82, 2.24) is 14.8 Å². The summed E-state index contributed by atoms with van der Waals surface area (Å²) in [6, 6.07) is 9.24. The molecule has 3 N–H and O–H groups in total. The maximum absolute atomic E-state index is 12.3. The quantitative estimate of drug-likeness (QED) is 0.422. The molecule has 10 heteroatoms. The van der Waals surface area contributed by atoms with Crippen LogP contribution in [0.5, 0.6) is 5.75 Å². The van der Waals surface area contributed by atoms with Crippen molar-refractivity contribution in [1.29, 1.82) is 0 Å². The van der Waals surface area contributed by atoms with Gasteiger partial charge in [0.2, 0.25) is 0 Å². The summed E-state index contributed by atoms with van der Waals surface area (Å²) in [5, 5.41) is 4.81. The van der Waals surface area contributed by atoms with Crippen LogP contribution >= 0.6 is 23.2 Å². The molecule has 0 saturated carbocycles. The Morgan fingerprint density at radius 1 is 1.19 bits per heavy atom. The Morgan fingerprint density at radius 2 is 1.94 bits per heavy atom. The van der Waals surface area contributed by atoms with E-state index in [0.29, 0.717) is 33.5 Å². The number of amides is 1. The zero-order valence-electron chi connectivity index (χ0n) is 20.9. The van der Waals surface area contributed by atoms with E-state index in [9.17, 15) is 4.79 Å². The number of likely N-dealkylation sites (N-methyl/N-ethyl adjacent to an activating group) is 1. The summed E-state index contributed by atoms with van der Waals surface area (Å²) in [5.41, 5.74) is 8.74. The van der Waals surface area contributed by atoms with Crippen molar-refractivity contribution in [2.24, 2.45) is 5.73 Å². The fraction of sp³-hybridized carbons (Fsp3) is 0.385. The number of pyridine rings is 1. The molecule has 1 fully saturated rings. The molecule has 1 aliphatic rings. The van der Waals surface area contributed by atoms with Gasteiger partial charge in [0.05, 0.1) is 44.8 Å². The molecule has 0 bridgehead atoms. The van der Waals surface area contributed by atoms with Gasteiger partial charge in [0.25, 0.3) is 5.91 Å². The lowest BCUT2D eigenvalue weighted by Crippen LogP contribution is -2.48. The maximum atomic E-state index is 12.3. The Balaban J connectivity index is 1.75. The van der Waals surface area contributed by atoms with Crippen LogP contribution < -0.4 is 20.7 Å². The molecule has 0 spiro atoms. The highest BCUT2D eigenvalue weighted by atomic mass is 35.5. The van der Waals surface area contributed by atoms with Gasteiger partial charge in [0.1, 0.15) is 5.75 Å². The van der Waals surface area contributed by atoms with Gasteiger partial charge in [-0.1, -0.05) is 29.3 Å². The van der Waals surface area contributed by atoms with Gasteiger partial charge < -0.3 is 25.6 Å². The van der Waals surface area contributed by atoms with Crippen molar-refractivity contribution in [2.75, 3.05) is 70.2 Å². The number of nitrogens with two attached hydrogens (primary N) is 1. The van der Waals surface area contributed by atoms with Gasteiger partial charge in [-0.25, -0.2) is 0 Å². The molecule has 36 heavy (non-hydrogen) atoms. The molecular weight excluding hydrogens is 499 g/mol. The van der Waals surface area contributed by atoms with Gasteiger partial charge in [-0.15, -0.1) is 0 Å². The van der Waals surface area contributed by atoms with Crippen molar-refractivity contribution < 1.29 is 9.53 Å². The van der Waals surface area contributed by atoms with Crippen LogP contribution in [0.3, 0.4) is 0 Å². The molecule has 8 nitrogen and oxygen atoms in total. The molecule has 0 atom stereocenters. The number of fused-ring (bicyclic) bond motifs is 1. The van der Waals surface area contributed by atoms with E-state index < -0.39 is 5.91 Å². The lowest BCUT2D eigenvalue weighted by molar-refractivity contribution is 0.100. The van der Waals surface area contributed by atoms with Crippen LogP contribution in [0.4, 0.5) is 17.1 Å².